The van der Waals surface area contributed by atoms with Gasteiger partial charge < -0.3 is 9.64 Å². The maximum absolute atomic E-state index is 12.4. The van der Waals surface area contributed by atoms with Crippen LogP contribution in [-0.4, -0.2) is 61.5 Å². The van der Waals surface area contributed by atoms with Crippen molar-refractivity contribution in [3.05, 3.63) is 0 Å². The van der Waals surface area contributed by atoms with E-state index in [1.165, 1.54) is 20.0 Å². The molecule has 21 heavy (non-hydrogen) atoms. The van der Waals surface area contributed by atoms with Crippen molar-refractivity contribution in [1.29, 1.82) is 0 Å². The molecule has 1 saturated carbocycles. The van der Waals surface area contributed by atoms with Gasteiger partial charge in [0.1, 0.15) is 0 Å². The number of nitrogens with zero attached hydrogens (tertiary/aromatic N) is 2. The van der Waals surface area contributed by atoms with Gasteiger partial charge in [-0.05, 0) is 44.6 Å². The second-order valence-corrected chi connectivity index (χ2v) is 6.66. The number of esters is 1. The zero-order valence-corrected chi connectivity index (χ0v) is 13.5. The van der Waals surface area contributed by atoms with Gasteiger partial charge in [0.2, 0.25) is 5.91 Å². The Bertz CT molecular complexity index is 378. The van der Waals surface area contributed by atoms with Crippen molar-refractivity contribution in [2.75, 3.05) is 33.8 Å². The van der Waals surface area contributed by atoms with E-state index in [0.29, 0.717) is 19.1 Å². The predicted molar refractivity (Wildman–Crippen MR) is 80.8 cm³/mol. The quantitative estimate of drug-likeness (QED) is 0.738. The van der Waals surface area contributed by atoms with E-state index in [2.05, 4.69) is 11.8 Å². The van der Waals surface area contributed by atoms with Gasteiger partial charge in [-0.3, -0.25) is 14.5 Å². The van der Waals surface area contributed by atoms with E-state index in [-0.39, 0.29) is 17.8 Å². The number of ether oxygens (including phenoxy) is 1. The van der Waals surface area contributed by atoms with Crippen LogP contribution in [-0.2, 0) is 14.3 Å². The number of carbonyl (C=O) groups excluding carboxylic acids is 2. The second-order valence-electron chi connectivity index (χ2n) is 6.66. The van der Waals surface area contributed by atoms with Crippen molar-refractivity contribution in [2.24, 2.45) is 11.8 Å². The van der Waals surface area contributed by atoms with Crippen LogP contribution in [0.1, 0.15) is 39.0 Å². The van der Waals surface area contributed by atoms with E-state index in [9.17, 15) is 9.59 Å². The van der Waals surface area contributed by atoms with Gasteiger partial charge in [-0.25, -0.2) is 0 Å². The lowest BCUT2D eigenvalue weighted by molar-refractivity contribution is -0.145. The molecule has 0 N–H and O–H groups in total. The zero-order valence-electron chi connectivity index (χ0n) is 13.5. The Kier molecular flexibility index (Phi) is 5.62. The topological polar surface area (TPSA) is 49.9 Å². The van der Waals surface area contributed by atoms with Gasteiger partial charge in [-0.15, -0.1) is 0 Å². The molecular formula is C16H28N2O3. The standard InChI is InChI=1S/C16H28N2O3/c1-12-4-6-14(7-5-12)17(2)15(19)11-18-9-8-13(10-18)16(20)21-3/h12-14H,4-11H2,1-3H3. The third-order valence-electron chi connectivity index (χ3n) is 5.09. The maximum Gasteiger partial charge on any atom is 0.310 e. The first-order valence-electron chi connectivity index (χ1n) is 8.07. The summed E-state index contributed by atoms with van der Waals surface area (Å²) >= 11 is 0. The number of amides is 1. The summed E-state index contributed by atoms with van der Waals surface area (Å²) in [6.07, 6.45) is 5.47. The minimum Gasteiger partial charge on any atom is -0.469 e. The Morgan fingerprint density at radius 3 is 2.48 bits per heavy atom. The van der Waals surface area contributed by atoms with Gasteiger partial charge >= 0.3 is 5.97 Å². The van der Waals surface area contributed by atoms with Crippen LogP contribution in [0.3, 0.4) is 0 Å². The summed E-state index contributed by atoms with van der Waals surface area (Å²) < 4.78 is 4.78. The van der Waals surface area contributed by atoms with Crippen molar-refractivity contribution in [3.63, 3.8) is 0 Å². The third kappa shape index (κ3) is 4.19. The number of hydrogen-bond acceptors (Lipinski definition) is 4. The van der Waals surface area contributed by atoms with Crippen LogP contribution in [0.4, 0.5) is 0 Å². The van der Waals surface area contributed by atoms with E-state index in [4.69, 9.17) is 4.74 Å². The molecule has 1 aliphatic heterocycles. The molecule has 0 aromatic rings. The lowest BCUT2D eigenvalue weighted by atomic mass is 9.87. The monoisotopic (exact) mass is 296 g/mol. The minimum absolute atomic E-state index is 0.0661. The lowest BCUT2D eigenvalue weighted by Crippen LogP contribution is -2.44. The minimum atomic E-state index is -0.153. The summed E-state index contributed by atoms with van der Waals surface area (Å²) in [5.41, 5.74) is 0. The molecule has 1 saturated heterocycles. The molecule has 2 fully saturated rings. The van der Waals surface area contributed by atoms with E-state index >= 15 is 0 Å². The molecule has 5 heteroatoms. The van der Waals surface area contributed by atoms with Crippen LogP contribution < -0.4 is 0 Å². The molecule has 0 radical (unpaired) electrons. The first-order chi connectivity index (χ1) is 10.0. The van der Waals surface area contributed by atoms with Gasteiger partial charge in [0, 0.05) is 19.6 Å². The van der Waals surface area contributed by atoms with Crippen molar-refractivity contribution in [1.82, 2.24) is 9.80 Å². The molecule has 1 heterocycles. The summed E-state index contributed by atoms with van der Waals surface area (Å²) in [6, 6.07) is 0.396. The number of rotatable bonds is 4. The van der Waals surface area contributed by atoms with E-state index in [1.807, 2.05) is 11.9 Å². The highest BCUT2D eigenvalue weighted by molar-refractivity contribution is 5.78. The number of likely N-dealkylation sites (N-methyl/N-ethyl adjacent to an activating group) is 1. The maximum atomic E-state index is 12.4. The fourth-order valence-electron chi connectivity index (χ4n) is 3.47. The average Bonchev–Trinajstić information content (AvgIpc) is 2.95. The molecule has 120 valence electrons. The summed E-state index contributed by atoms with van der Waals surface area (Å²) in [4.78, 5) is 27.9. The highest BCUT2D eigenvalue weighted by atomic mass is 16.5. The van der Waals surface area contributed by atoms with Gasteiger partial charge in [0.05, 0.1) is 19.6 Å². The number of likely N-dealkylation sites (tertiary alicyclic amines) is 1. The molecule has 5 nitrogen and oxygen atoms in total. The molecule has 2 rings (SSSR count). The van der Waals surface area contributed by atoms with Crippen LogP contribution in [0.2, 0.25) is 0 Å². The first-order valence-corrected chi connectivity index (χ1v) is 8.07. The highest BCUT2D eigenvalue weighted by Crippen LogP contribution is 2.26. The van der Waals surface area contributed by atoms with Crippen LogP contribution >= 0.6 is 0 Å². The first kappa shape index (κ1) is 16.3. The predicted octanol–water partition coefficient (Wildman–Crippen LogP) is 1.52. The highest BCUT2D eigenvalue weighted by Gasteiger charge is 2.31. The summed E-state index contributed by atoms with van der Waals surface area (Å²) in [7, 11) is 3.35. The van der Waals surface area contributed by atoms with Gasteiger partial charge in [0.25, 0.3) is 0 Å². The molecule has 0 bridgehead atoms. The summed E-state index contributed by atoms with van der Waals surface area (Å²) in [6.45, 7) is 4.17. The normalized spacial score (nSPS) is 30.1. The smallest absolute Gasteiger partial charge is 0.310 e. The largest absolute Gasteiger partial charge is 0.469 e. The van der Waals surface area contributed by atoms with Crippen LogP contribution in [0.25, 0.3) is 0 Å². The molecule has 0 aromatic carbocycles. The zero-order chi connectivity index (χ0) is 15.4. The molecular weight excluding hydrogens is 268 g/mol. The van der Waals surface area contributed by atoms with Crippen LogP contribution in [0.5, 0.6) is 0 Å². The van der Waals surface area contributed by atoms with Gasteiger partial charge in [-0.1, -0.05) is 6.92 Å². The van der Waals surface area contributed by atoms with E-state index < -0.39 is 0 Å². The van der Waals surface area contributed by atoms with Crippen LogP contribution in [0.15, 0.2) is 0 Å². The Morgan fingerprint density at radius 2 is 1.86 bits per heavy atom. The van der Waals surface area contributed by atoms with Crippen molar-refractivity contribution < 1.29 is 14.3 Å². The number of methoxy groups -OCH3 is 1. The average molecular weight is 296 g/mol. The summed E-state index contributed by atoms with van der Waals surface area (Å²) in [5, 5.41) is 0. The molecule has 1 amide bonds. The van der Waals surface area contributed by atoms with Crippen LogP contribution in [0, 0.1) is 11.8 Å². The van der Waals surface area contributed by atoms with E-state index in [0.717, 1.165) is 31.7 Å². The van der Waals surface area contributed by atoms with Gasteiger partial charge in [-0.2, -0.15) is 0 Å². The lowest BCUT2D eigenvalue weighted by Gasteiger charge is -2.34. The van der Waals surface area contributed by atoms with E-state index in [1.54, 1.807) is 0 Å². The van der Waals surface area contributed by atoms with Crippen molar-refractivity contribution in [2.45, 2.75) is 45.1 Å². The molecule has 1 aliphatic carbocycles. The van der Waals surface area contributed by atoms with Crippen molar-refractivity contribution >= 4 is 11.9 Å². The second kappa shape index (κ2) is 7.25. The fourth-order valence-corrected chi connectivity index (χ4v) is 3.47. The van der Waals surface area contributed by atoms with Gasteiger partial charge in [0.15, 0.2) is 0 Å². The Morgan fingerprint density at radius 1 is 1.19 bits per heavy atom. The molecule has 0 spiro atoms. The number of carbonyl (C=O) groups is 2. The Labute approximate surface area is 127 Å². The summed E-state index contributed by atoms with van der Waals surface area (Å²) in [5.74, 6) is 0.757. The Hall–Kier alpha value is -1.10. The molecule has 1 unspecified atom stereocenters. The molecule has 1 atom stereocenters. The SMILES string of the molecule is COC(=O)C1CCN(CC(=O)N(C)C2CCC(C)CC2)C1. The van der Waals surface area contributed by atoms with Crippen molar-refractivity contribution in [3.8, 4) is 0 Å². The fraction of sp³-hybridized carbons (Fsp3) is 0.875. The Balaban J connectivity index is 1.78. The molecule has 0 aromatic heterocycles. The number of hydrogen-bond donors (Lipinski definition) is 0. The molecule has 2 aliphatic rings. The third-order valence-corrected chi connectivity index (χ3v) is 5.09.